The van der Waals surface area contributed by atoms with Crippen molar-refractivity contribution in [2.75, 3.05) is 38.7 Å². The van der Waals surface area contributed by atoms with Gasteiger partial charge in [0.2, 0.25) is 5.91 Å². The summed E-state index contributed by atoms with van der Waals surface area (Å²) in [5.74, 6) is -0.0297. The van der Waals surface area contributed by atoms with E-state index in [4.69, 9.17) is 10.00 Å². The van der Waals surface area contributed by atoms with Crippen molar-refractivity contribution in [1.29, 1.82) is 5.26 Å². The second kappa shape index (κ2) is 9.08. The molecule has 108 valence electrons. The quantitative estimate of drug-likeness (QED) is 0.735. The van der Waals surface area contributed by atoms with Gasteiger partial charge in [-0.1, -0.05) is 0 Å². The van der Waals surface area contributed by atoms with Crippen LogP contribution in [0.15, 0.2) is 24.3 Å². The Kier molecular flexibility index (Phi) is 7.33. The lowest BCUT2D eigenvalue weighted by molar-refractivity contribution is -0.116. The molecule has 0 saturated heterocycles. The minimum absolute atomic E-state index is 0.0297. The molecule has 1 amide bonds. The Bertz CT molecular complexity index is 451. The Hall–Kier alpha value is -1.90. The molecule has 0 unspecified atom stereocenters. The average Bonchev–Trinajstić information content (AvgIpc) is 2.46. The normalized spacial score (nSPS) is 10.3. The van der Waals surface area contributed by atoms with E-state index in [1.165, 1.54) is 0 Å². The molecule has 5 heteroatoms. The Balaban J connectivity index is 2.27. The number of carbonyl (C=O) groups is 1. The largest absolute Gasteiger partial charge is 0.380 e. The number of rotatable bonds is 8. The molecule has 1 aromatic rings. The summed E-state index contributed by atoms with van der Waals surface area (Å²) in [5, 5.41) is 11.5. The van der Waals surface area contributed by atoms with Crippen LogP contribution in [0.25, 0.3) is 0 Å². The molecule has 0 aliphatic rings. The van der Waals surface area contributed by atoms with Gasteiger partial charge in [-0.25, -0.2) is 0 Å². The number of amides is 1. The fourth-order valence-corrected chi connectivity index (χ4v) is 1.62. The molecule has 0 spiro atoms. The zero-order valence-electron chi connectivity index (χ0n) is 12.1. The topological polar surface area (TPSA) is 65.4 Å². The number of hydrogen-bond donors (Lipinski definition) is 1. The Morgan fingerprint density at radius 1 is 1.35 bits per heavy atom. The SMILES string of the molecule is CCOCCN(C)CCC(=O)Nc1ccc(C#N)cc1. The molecule has 20 heavy (non-hydrogen) atoms. The maximum absolute atomic E-state index is 11.8. The average molecular weight is 275 g/mol. The second-order valence-electron chi connectivity index (χ2n) is 4.49. The summed E-state index contributed by atoms with van der Waals surface area (Å²) in [6, 6.07) is 8.87. The number of anilines is 1. The van der Waals surface area contributed by atoms with Crippen molar-refractivity contribution in [2.24, 2.45) is 0 Å². The number of ether oxygens (including phenoxy) is 1. The zero-order chi connectivity index (χ0) is 14.8. The van der Waals surface area contributed by atoms with Crippen LogP contribution in [-0.2, 0) is 9.53 Å². The Morgan fingerprint density at radius 3 is 2.65 bits per heavy atom. The molecule has 0 saturated carbocycles. The molecule has 0 aliphatic heterocycles. The molecule has 0 fully saturated rings. The number of hydrogen-bond acceptors (Lipinski definition) is 4. The monoisotopic (exact) mass is 275 g/mol. The third-order valence-electron chi connectivity index (χ3n) is 2.84. The summed E-state index contributed by atoms with van der Waals surface area (Å²) < 4.78 is 5.26. The highest BCUT2D eigenvalue weighted by atomic mass is 16.5. The van der Waals surface area contributed by atoms with E-state index in [-0.39, 0.29) is 5.91 Å². The van der Waals surface area contributed by atoms with Gasteiger partial charge in [-0.3, -0.25) is 4.79 Å². The summed E-state index contributed by atoms with van der Waals surface area (Å²) in [4.78, 5) is 13.8. The molecular weight excluding hydrogens is 254 g/mol. The lowest BCUT2D eigenvalue weighted by Crippen LogP contribution is -2.27. The summed E-state index contributed by atoms with van der Waals surface area (Å²) in [7, 11) is 1.97. The first kappa shape index (κ1) is 16.2. The molecule has 1 N–H and O–H groups in total. The molecule has 0 radical (unpaired) electrons. The molecule has 0 aliphatic carbocycles. The smallest absolute Gasteiger partial charge is 0.225 e. The number of nitriles is 1. The van der Waals surface area contributed by atoms with Gasteiger partial charge in [0, 0.05) is 31.8 Å². The van der Waals surface area contributed by atoms with Crippen LogP contribution in [0, 0.1) is 11.3 Å². The van der Waals surface area contributed by atoms with Gasteiger partial charge in [0.25, 0.3) is 0 Å². The van der Waals surface area contributed by atoms with Crippen molar-refractivity contribution in [3.63, 3.8) is 0 Å². The van der Waals surface area contributed by atoms with E-state index in [1.807, 2.05) is 20.0 Å². The maximum Gasteiger partial charge on any atom is 0.225 e. The summed E-state index contributed by atoms with van der Waals surface area (Å²) in [6.45, 7) is 4.87. The second-order valence-corrected chi connectivity index (χ2v) is 4.49. The summed E-state index contributed by atoms with van der Waals surface area (Å²) in [5.41, 5.74) is 1.30. The Morgan fingerprint density at radius 2 is 2.05 bits per heavy atom. The zero-order valence-corrected chi connectivity index (χ0v) is 12.1. The van der Waals surface area contributed by atoms with E-state index in [0.29, 0.717) is 37.4 Å². The van der Waals surface area contributed by atoms with Gasteiger partial charge in [0.05, 0.1) is 18.2 Å². The summed E-state index contributed by atoms with van der Waals surface area (Å²) >= 11 is 0. The minimum atomic E-state index is -0.0297. The van der Waals surface area contributed by atoms with Crippen LogP contribution in [0.4, 0.5) is 5.69 Å². The molecule has 0 atom stereocenters. The van der Waals surface area contributed by atoms with Crippen LogP contribution in [0.3, 0.4) is 0 Å². The van der Waals surface area contributed by atoms with Gasteiger partial charge in [0.1, 0.15) is 0 Å². The standard InChI is InChI=1S/C15H21N3O2/c1-3-20-11-10-18(2)9-8-15(19)17-14-6-4-13(12-16)5-7-14/h4-7H,3,8-11H2,1-2H3,(H,17,19). The minimum Gasteiger partial charge on any atom is -0.380 e. The van der Waals surface area contributed by atoms with E-state index < -0.39 is 0 Å². The van der Waals surface area contributed by atoms with E-state index in [0.717, 1.165) is 6.54 Å². The van der Waals surface area contributed by atoms with Crippen molar-refractivity contribution in [1.82, 2.24) is 4.90 Å². The number of likely N-dealkylation sites (N-methyl/N-ethyl adjacent to an activating group) is 1. The van der Waals surface area contributed by atoms with Crippen LogP contribution in [0.1, 0.15) is 18.9 Å². The van der Waals surface area contributed by atoms with Gasteiger partial charge in [0.15, 0.2) is 0 Å². The van der Waals surface area contributed by atoms with Gasteiger partial charge >= 0.3 is 0 Å². The maximum atomic E-state index is 11.8. The molecule has 5 nitrogen and oxygen atoms in total. The lowest BCUT2D eigenvalue weighted by Gasteiger charge is -2.16. The molecular formula is C15H21N3O2. The van der Waals surface area contributed by atoms with Crippen molar-refractivity contribution < 1.29 is 9.53 Å². The van der Waals surface area contributed by atoms with Crippen molar-refractivity contribution in [2.45, 2.75) is 13.3 Å². The van der Waals surface area contributed by atoms with Crippen molar-refractivity contribution in [3.8, 4) is 6.07 Å². The molecule has 1 aromatic carbocycles. The van der Waals surface area contributed by atoms with Gasteiger partial charge in [-0.15, -0.1) is 0 Å². The fraction of sp³-hybridized carbons (Fsp3) is 0.467. The van der Waals surface area contributed by atoms with E-state index >= 15 is 0 Å². The third-order valence-corrected chi connectivity index (χ3v) is 2.84. The van der Waals surface area contributed by atoms with E-state index in [9.17, 15) is 4.79 Å². The molecule has 0 aromatic heterocycles. The predicted octanol–water partition coefficient (Wildman–Crippen LogP) is 1.86. The van der Waals surface area contributed by atoms with Gasteiger partial charge < -0.3 is 15.0 Å². The first-order valence-corrected chi connectivity index (χ1v) is 6.72. The molecule has 0 heterocycles. The fourth-order valence-electron chi connectivity index (χ4n) is 1.62. The third kappa shape index (κ3) is 6.32. The van der Waals surface area contributed by atoms with Crippen LogP contribution in [0.5, 0.6) is 0 Å². The van der Waals surface area contributed by atoms with Gasteiger partial charge in [-0.2, -0.15) is 5.26 Å². The molecule has 0 bridgehead atoms. The first-order chi connectivity index (χ1) is 9.65. The predicted molar refractivity (Wildman–Crippen MR) is 78.4 cm³/mol. The highest BCUT2D eigenvalue weighted by Gasteiger charge is 2.05. The van der Waals surface area contributed by atoms with Crippen LogP contribution in [-0.4, -0.2) is 44.2 Å². The summed E-state index contributed by atoms with van der Waals surface area (Å²) in [6.07, 6.45) is 0.433. The van der Waals surface area contributed by atoms with E-state index in [1.54, 1.807) is 24.3 Å². The highest BCUT2D eigenvalue weighted by Crippen LogP contribution is 2.09. The highest BCUT2D eigenvalue weighted by molar-refractivity contribution is 5.90. The molecule has 1 rings (SSSR count). The van der Waals surface area contributed by atoms with Crippen LogP contribution in [0.2, 0.25) is 0 Å². The van der Waals surface area contributed by atoms with E-state index in [2.05, 4.69) is 10.2 Å². The van der Waals surface area contributed by atoms with Crippen LogP contribution >= 0.6 is 0 Å². The number of carbonyl (C=O) groups excluding carboxylic acids is 1. The number of nitrogens with one attached hydrogen (secondary N) is 1. The van der Waals surface area contributed by atoms with Crippen molar-refractivity contribution >= 4 is 11.6 Å². The van der Waals surface area contributed by atoms with Crippen molar-refractivity contribution in [3.05, 3.63) is 29.8 Å². The Labute approximate surface area is 120 Å². The van der Waals surface area contributed by atoms with Gasteiger partial charge in [-0.05, 0) is 38.2 Å². The lowest BCUT2D eigenvalue weighted by atomic mass is 10.2. The van der Waals surface area contributed by atoms with Crippen LogP contribution < -0.4 is 5.32 Å². The first-order valence-electron chi connectivity index (χ1n) is 6.72. The number of nitrogens with zero attached hydrogens (tertiary/aromatic N) is 2. The number of benzene rings is 1.